The van der Waals surface area contributed by atoms with Crippen LogP contribution in [0.3, 0.4) is 0 Å². The van der Waals surface area contributed by atoms with Crippen molar-refractivity contribution in [3.05, 3.63) is 85.1 Å². The van der Waals surface area contributed by atoms with E-state index in [2.05, 4.69) is 106 Å². The van der Waals surface area contributed by atoms with Gasteiger partial charge in [-0.15, -0.1) is 0 Å². The van der Waals surface area contributed by atoms with Crippen LogP contribution < -0.4 is 0 Å². The summed E-state index contributed by atoms with van der Waals surface area (Å²) in [5.74, 6) is -0.888. The van der Waals surface area contributed by atoms with Crippen LogP contribution in [0.4, 0.5) is 0 Å². The SMILES string of the molecule is CC/C=C\C/C=C\C/C=C\C/C=C\CCCCCCCCCCCCCCC(=O)OCC(COC(=O)CCCCCCCCCCCCCCCCC)OC(=O)CCCCCCC/C=C\C/C=C\C/C=C\CC. The molecule has 0 rings (SSSR count). The fourth-order valence-electron chi connectivity index (χ4n) is 8.80. The summed E-state index contributed by atoms with van der Waals surface area (Å²) in [4.78, 5) is 38.3. The number of esters is 3. The van der Waals surface area contributed by atoms with Crippen LogP contribution in [0.1, 0.15) is 303 Å². The summed E-state index contributed by atoms with van der Waals surface area (Å²) in [7, 11) is 0. The van der Waals surface area contributed by atoms with E-state index in [0.29, 0.717) is 19.3 Å². The first-order chi connectivity index (χ1) is 36.0. The third kappa shape index (κ3) is 59.3. The number of hydrogen-bond acceptors (Lipinski definition) is 6. The number of rotatable bonds is 56. The number of hydrogen-bond donors (Lipinski definition) is 0. The van der Waals surface area contributed by atoms with Crippen molar-refractivity contribution in [3.8, 4) is 0 Å². The van der Waals surface area contributed by atoms with Gasteiger partial charge >= 0.3 is 17.9 Å². The van der Waals surface area contributed by atoms with E-state index in [1.165, 1.54) is 141 Å². The number of unbranched alkanes of at least 4 members (excludes halogenated alkanes) is 31. The Morgan fingerprint density at radius 1 is 0.288 bits per heavy atom. The average Bonchev–Trinajstić information content (AvgIpc) is 3.39. The Balaban J connectivity index is 4.31. The van der Waals surface area contributed by atoms with E-state index in [1.807, 2.05) is 0 Å². The first-order valence-corrected chi connectivity index (χ1v) is 31.1. The van der Waals surface area contributed by atoms with Gasteiger partial charge in [0.15, 0.2) is 6.10 Å². The largest absolute Gasteiger partial charge is 0.462 e. The van der Waals surface area contributed by atoms with Gasteiger partial charge in [0.2, 0.25) is 0 Å². The molecule has 1 atom stereocenters. The van der Waals surface area contributed by atoms with Crippen molar-refractivity contribution >= 4 is 17.9 Å². The highest BCUT2D eigenvalue weighted by Gasteiger charge is 2.19. The third-order valence-corrected chi connectivity index (χ3v) is 13.4. The van der Waals surface area contributed by atoms with E-state index < -0.39 is 6.10 Å². The van der Waals surface area contributed by atoms with Crippen molar-refractivity contribution in [1.82, 2.24) is 0 Å². The zero-order valence-corrected chi connectivity index (χ0v) is 48.1. The highest BCUT2D eigenvalue weighted by Crippen LogP contribution is 2.17. The Labute approximate surface area is 452 Å². The summed E-state index contributed by atoms with van der Waals surface area (Å²) in [6.45, 7) is 6.43. The van der Waals surface area contributed by atoms with Crippen LogP contribution in [0, 0.1) is 0 Å². The van der Waals surface area contributed by atoms with Gasteiger partial charge in [0, 0.05) is 19.3 Å². The van der Waals surface area contributed by atoms with Crippen molar-refractivity contribution in [1.29, 1.82) is 0 Å². The molecule has 0 bridgehead atoms. The molecule has 6 nitrogen and oxygen atoms in total. The first-order valence-electron chi connectivity index (χ1n) is 31.1. The van der Waals surface area contributed by atoms with E-state index in [-0.39, 0.29) is 31.1 Å². The lowest BCUT2D eigenvalue weighted by Crippen LogP contribution is -2.30. The molecule has 0 spiro atoms. The lowest BCUT2D eigenvalue weighted by molar-refractivity contribution is -0.167. The normalized spacial score (nSPS) is 12.6. The lowest BCUT2D eigenvalue weighted by Gasteiger charge is -2.18. The van der Waals surface area contributed by atoms with Crippen LogP contribution in [0.25, 0.3) is 0 Å². The molecular formula is C67H116O6. The summed E-state index contributed by atoms with van der Waals surface area (Å²) in [6, 6.07) is 0. The van der Waals surface area contributed by atoms with Crippen LogP contribution in [-0.2, 0) is 28.6 Å². The van der Waals surface area contributed by atoms with Gasteiger partial charge in [-0.05, 0) is 89.9 Å². The first kappa shape index (κ1) is 69.6. The standard InChI is InChI=1S/C67H116O6/c1-4-7-10-13-16-19-22-25-28-29-30-31-32-33-34-35-36-37-40-42-45-48-51-54-57-60-66(69)72-63-64(73-67(70)61-58-55-52-49-46-43-39-27-24-21-18-15-12-9-6-3)62-71-65(68)59-56-53-50-47-44-41-38-26-23-20-17-14-11-8-5-2/h7,9-10,12,16,18-19,21,25,27-28,30-31,39,64H,4-6,8,11,13-15,17,20,22-24,26,29,32-38,40-63H2,1-3H3/b10-7-,12-9-,19-16-,21-18-,28-25-,31-30-,39-27-. The smallest absolute Gasteiger partial charge is 0.306 e. The number of carbonyl (C=O) groups is 3. The summed E-state index contributed by atoms with van der Waals surface area (Å²) >= 11 is 0. The van der Waals surface area contributed by atoms with Crippen molar-refractivity contribution in [2.75, 3.05) is 13.2 Å². The van der Waals surface area contributed by atoms with Crippen molar-refractivity contribution < 1.29 is 28.6 Å². The predicted molar refractivity (Wildman–Crippen MR) is 316 cm³/mol. The van der Waals surface area contributed by atoms with Crippen molar-refractivity contribution in [3.63, 3.8) is 0 Å². The molecule has 0 fully saturated rings. The molecule has 0 aromatic rings. The number of ether oxygens (including phenoxy) is 3. The molecule has 0 aliphatic rings. The molecule has 0 N–H and O–H groups in total. The summed E-state index contributed by atoms with van der Waals surface area (Å²) in [6.07, 6.45) is 80.1. The van der Waals surface area contributed by atoms with Gasteiger partial charge in [-0.1, -0.05) is 279 Å². The quantitative estimate of drug-likeness (QED) is 0.0261. The summed E-state index contributed by atoms with van der Waals surface area (Å²) in [5, 5.41) is 0. The second-order valence-electron chi connectivity index (χ2n) is 20.6. The monoisotopic (exact) mass is 1020 g/mol. The Morgan fingerprint density at radius 3 is 0.836 bits per heavy atom. The molecular weight excluding hydrogens is 901 g/mol. The molecule has 0 aliphatic carbocycles. The molecule has 0 heterocycles. The Kier molecular flexibility index (Phi) is 58.3. The van der Waals surface area contributed by atoms with Gasteiger partial charge < -0.3 is 14.2 Å². The molecule has 0 aromatic heterocycles. The predicted octanol–water partition coefficient (Wildman–Crippen LogP) is 21.1. The van der Waals surface area contributed by atoms with Gasteiger partial charge in [0.1, 0.15) is 13.2 Å². The highest BCUT2D eigenvalue weighted by atomic mass is 16.6. The Bertz CT molecular complexity index is 1400. The molecule has 1 unspecified atom stereocenters. The maximum absolute atomic E-state index is 12.9. The van der Waals surface area contributed by atoms with Gasteiger partial charge in [0.25, 0.3) is 0 Å². The van der Waals surface area contributed by atoms with Crippen LogP contribution >= 0.6 is 0 Å². The molecule has 420 valence electrons. The molecule has 0 amide bonds. The molecule has 0 radical (unpaired) electrons. The van der Waals surface area contributed by atoms with Crippen molar-refractivity contribution in [2.24, 2.45) is 0 Å². The van der Waals surface area contributed by atoms with E-state index in [0.717, 1.165) is 122 Å². The van der Waals surface area contributed by atoms with Gasteiger partial charge in [-0.25, -0.2) is 0 Å². The summed E-state index contributed by atoms with van der Waals surface area (Å²) < 4.78 is 16.9. The van der Waals surface area contributed by atoms with Crippen LogP contribution in [0.15, 0.2) is 85.1 Å². The van der Waals surface area contributed by atoms with Gasteiger partial charge in [-0.3, -0.25) is 14.4 Å². The van der Waals surface area contributed by atoms with Gasteiger partial charge in [0.05, 0.1) is 0 Å². The van der Waals surface area contributed by atoms with E-state index in [9.17, 15) is 14.4 Å². The molecule has 73 heavy (non-hydrogen) atoms. The minimum atomic E-state index is -0.785. The van der Waals surface area contributed by atoms with E-state index in [1.54, 1.807) is 0 Å². The van der Waals surface area contributed by atoms with Crippen LogP contribution in [0.5, 0.6) is 0 Å². The van der Waals surface area contributed by atoms with Crippen molar-refractivity contribution in [2.45, 2.75) is 309 Å². The molecule has 0 saturated carbocycles. The second kappa shape index (κ2) is 61.1. The Morgan fingerprint density at radius 2 is 0.534 bits per heavy atom. The maximum Gasteiger partial charge on any atom is 0.306 e. The van der Waals surface area contributed by atoms with Gasteiger partial charge in [-0.2, -0.15) is 0 Å². The van der Waals surface area contributed by atoms with E-state index in [4.69, 9.17) is 14.2 Å². The fraction of sp³-hybridized carbons (Fsp3) is 0.746. The fourth-order valence-corrected chi connectivity index (χ4v) is 8.80. The van der Waals surface area contributed by atoms with E-state index >= 15 is 0 Å². The maximum atomic E-state index is 12.9. The minimum absolute atomic E-state index is 0.0809. The molecule has 0 saturated heterocycles. The topological polar surface area (TPSA) is 78.9 Å². The molecule has 0 aromatic carbocycles. The van der Waals surface area contributed by atoms with Crippen LogP contribution in [0.2, 0.25) is 0 Å². The minimum Gasteiger partial charge on any atom is -0.462 e. The zero-order chi connectivity index (χ0) is 52.9. The zero-order valence-electron chi connectivity index (χ0n) is 48.1. The molecule has 0 aliphatic heterocycles. The molecule has 6 heteroatoms. The van der Waals surface area contributed by atoms with Crippen LogP contribution in [-0.4, -0.2) is 37.2 Å². The summed E-state index contributed by atoms with van der Waals surface area (Å²) in [5.41, 5.74) is 0. The lowest BCUT2D eigenvalue weighted by atomic mass is 10.0. The Hall–Kier alpha value is -3.41. The average molecular weight is 1020 g/mol. The highest BCUT2D eigenvalue weighted by molar-refractivity contribution is 5.71. The third-order valence-electron chi connectivity index (χ3n) is 13.4. The number of allylic oxidation sites excluding steroid dienone is 14. The number of carbonyl (C=O) groups excluding carboxylic acids is 3. The second-order valence-corrected chi connectivity index (χ2v) is 20.6.